The highest BCUT2D eigenvalue weighted by Gasteiger charge is 2.22. The summed E-state index contributed by atoms with van der Waals surface area (Å²) in [5.41, 5.74) is 2.95. The molecule has 0 radical (unpaired) electrons. The van der Waals surface area contributed by atoms with Gasteiger partial charge in [-0.2, -0.15) is 0 Å². The lowest BCUT2D eigenvalue weighted by molar-refractivity contribution is 0.0635. The molecule has 0 aliphatic heterocycles. The van der Waals surface area contributed by atoms with Gasteiger partial charge in [-0.1, -0.05) is 23.4 Å². The molecule has 192 valence electrons. The summed E-state index contributed by atoms with van der Waals surface area (Å²) in [6.45, 7) is 9.15. The molecule has 9 nitrogen and oxygen atoms in total. The monoisotopic (exact) mass is 521 g/mol. The van der Waals surface area contributed by atoms with E-state index in [1.165, 1.54) is 12.3 Å². The van der Waals surface area contributed by atoms with Crippen molar-refractivity contribution >= 4 is 23.5 Å². The van der Waals surface area contributed by atoms with Crippen molar-refractivity contribution in [2.45, 2.75) is 52.1 Å². The molecule has 0 bridgehead atoms. The molecule has 1 aromatic carbocycles. The molecule has 0 fully saturated rings. The van der Waals surface area contributed by atoms with Crippen molar-refractivity contribution in [1.29, 1.82) is 0 Å². The summed E-state index contributed by atoms with van der Waals surface area (Å²) in [6.07, 6.45) is 2.56. The fraction of sp³-hybridized carbons (Fsp3) is 0.296. The number of aromatic nitrogens is 4. The second-order valence-electron chi connectivity index (χ2n) is 9.75. The van der Waals surface area contributed by atoms with Crippen LogP contribution in [-0.4, -0.2) is 31.4 Å². The number of ether oxygens (including phenoxy) is 1. The van der Waals surface area contributed by atoms with E-state index in [9.17, 15) is 9.59 Å². The van der Waals surface area contributed by atoms with Crippen molar-refractivity contribution < 1.29 is 14.1 Å². The predicted molar refractivity (Wildman–Crippen MR) is 142 cm³/mol. The van der Waals surface area contributed by atoms with Crippen molar-refractivity contribution in [3.63, 3.8) is 0 Å². The molecule has 0 unspecified atom stereocenters. The first-order valence-corrected chi connectivity index (χ1v) is 12.3. The van der Waals surface area contributed by atoms with Crippen LogP contribution >= 0.6 is 11.6 Å². The van der Waals surface area contributed by atoms with Crippen LogP contribution in [0.4, 0.5) is 10.6 Å². The number of pyridine rings is 1. The number of hydrogen-bond acceptors (Lipinski definition) is 7. The number of benzene rings is 1. The highest BCUT2D eigenvalue weighted by molar-refractivity contribution is 6.17. The van der Waals surface area contributed by atoms with E-state index in [0.717, 1.165) is 11.1 Å². The molecule has 3 heterocycles. The second kappa shape index (κ2) is 10.6. The zero-order chi connectivity index (χ0) is 26.7. The van der Waals surface area contributed by atoms with Gasteiger partial charge < -0.3 is 13.8 Å². The number of nitrogens with one attached hydrogen (secondary N) is 1. The summed E-state index contributed by atoms with van der Waals surface area (Å²) in [5.74, 6) is 0.811. The number of hydrogen-bond donors (Lipinski definition) is 1. The number of alkyl halides is 1. The van der Waals surface area contributed by atoms with Crippen LogP contribution < -0.4 is 10.9 Å². The van der Waals surface area contributed by atoms with Gasteiger partial charge in [0.2, 0.25) is 0 Å². The van der Waals surface area contributed by atoms with Gasteiger partial charge in [0.25, 0.3) is 5.56 Å². The van der Waals surface area contributed by atoms with Crippen molar-refractivity contribution in [2.75, 3.05) is 5.32 Å². The smallest absolute Gasteiger partial charge is 0.413 e. The minimum absolute atomic E-state index is 0.0337. The first-order chi connectivity index (χ1) is 17.5. The molecule has 0 aliphatic carbocycles. The lowest BCUT2D eigenvalue weighted by Gasteiger charge is -2.20. The standard InChI is InChI=1S/C27H28ClN5O4/c1-16(2)33-15-19(9-10-23(33)34)21-14-29-25(31-26(35)36-27(3,4)5)24(30-21)22-12-20(32-37-22)18-8-6-7-17(11-18)13-28/h6-12,14-16H,13H2,1-5H3,(H,29,31,35). The predicted octanol–water partition coefficient (Wildman–Crippen LogP) is 6.29. The maximum Gasteiger partial charge on any atom is 0.413 e. The molecule has 0 saturated heterocycles. The van der Waals surface area contributed by atoms with E-state index in [1.54, 1.807) is 43.7 Å². The highest BCUT2D eigenvalue weighted by Crippen LogP contribution is 2.31. The van der Waals surface area contributed by atoms with Gasteiger partial charge >= 0.3 is 6.09 Å². The van der Waals surface area contributed by atoms with Crippen LogP contribution in [0.25, 0.3) is 34.0 Å². The number of carbonyl (C=O) groups is 1. The first kappa shape index (κ1) is 26.1. The van der Waals surface area contributed by atoms with Crippen LogP contribution in [-0.2, 0) is 10.6 Å². The van der Waals surface area contributed by atoms with Gasteiger partial charge in [-0.15, -0.1) is 11.6 Å². The Morgan fingerprint density at radius 2 is 1.92 bits per heavy atom. The van der Waals surface area contributed by atoms with Crippen LogP contribution in [0.15, 0.2) is 64.2 Å². The van der Waals surface area contributed by atoms with Gasteiger partial charge in [-0.3, -0.25) is 10.1 Å². The zero-order valence-corrected chi connectivity index (χ0v) is 22.0. The maximum atomic E-state index is 12.5. The van der Waals surface area contributed by atoms with Crippen LogP contribution in [0.3, 0.4) is 0 Å². The molecule has 0 spiro atoms. The van der Waals surface area contributed by atoms with Crippen LogP contribution in [0.5, 0.6) is 0 Å². The van der Waals surface area contributed by atoms with Crippen molar-refractivity contribution in [3.05, 3.63) is 70.8 Å². The van der Waals surface area contributed by atoms with Crippen LogP contribution in [0.2, 0.25) is 0 Å². The van der Waals surface area contributed by atoms with Gasteiger partial charge in [0.05, 0.1) is 11.9 Å². The number of nitrogens with zero attached hydrogens (tertiary/aromatic N) is 4. The van der Waals surface area contributed by atoms with Gasteiger partial charge in [-0.05, 0) is 52.3 Å². The zero-order valence-electron chi connectivity index (χ0n) is 21.3. The Morgan fingerprint density at radius 3 is 2.62 bits per heavy atom. The average molecular weight is 522 g/mol. The Kier molecular flexibility index (Phi) is 7.45. The van der Waals surface area contributed by atoms with E-state index in [-0.39, 0.29) is 23.1 Å². The summed E-state index contributed by atoms with van der Waals surface area (Å²) >= 11 is 5.98. The number of carbonyl (C=O) groups excluding carboxylic acids is 1. The molecule has 4 aromatic rings. The highest BCUT2D eigenvalue weighted by atomic mass is 35.5. The van der Waals surface area contributed by atoms with Crippen molar-refractivity contribution in [2.24, 2.45) is 0 Å². The third kappa shape index (κ3) is 6.24. The Balaban J connectivity index is 1.79. The summed E-state index contributed by atoms with van der Waals surface area (Å²) in [7, 11) is 0. The second-order valence-corrected chi connectivity index (χ2v) is 10.0. The number of anilines is 1. The summed E-state index contributed by atoms with van der Waals surface area (Å²) in [6, 6.07) is 12.5. The van der Waals surface area contributed by atoms with Crippen LogP contribution in [0.1, 0.15) is 46.2 Å². The lowest BCUT2D eigenvalue weighted by atomic mass is 10.1. The fourth-order valence-electron chi connectivity index (χ4n) is 3.59. The Hall–Kier alpha value is -3.98. The van der Waals surface area contributed by atoms with Gasteiger partial charge in [-0.25, -0.2) is 14.8 Å². The van der Waals surface area contributed by atoms with Crippen LogP contribution in [0, 0.1) is 0 Å². The van der Waals surface area contributed by atoms with E-state index in [0.29, 0.717) is 28.6 Å². The summed E-state index contributed by atoms with van der Waals surface area (Å²) < 4.78 is 12.6. The molecular formula is C27H28ClN5O4. The Bertz CT molecular complexity index is 1490. The summed E-state index contributed by atoms with van der Waals surface area (Å²) in [5, 5.41) is 6.85. The van der Waals surface area contributed by atoms with E-state index < -0.39 is 11.7 Å². The maximum absolute atomic E-state index is 12.5. The normalized spacial score (nSPS) is 11.5. The van der Waals surface area contributed by atoms with E-state index >= 15 is 0 Å². The topological polar surface area (TPSA) is 112 Å². The number of amides is 1. The van der Waals surface area contributed by atoms with Gasteiger partial charge in [0.15, 0.2) is 17.3 Å². The SMILES string of the molecule is CC(C)n1cc(-c2cnc(NC(=O)OC(C)(C)C)c(-c3cc(-c4cccc(CCl)c4)no3)n2)ccc1=O. The fourth-order valence-corrected chi connectivity index (χ4v) is 3.75. The number of halogens is 1. The first-order valence-electron chi connectivity index (χ1n) is 11.8. The quantitative estimate of drug-likeness (QED) is 0.296. The Labute approximate surface area is 219 Å². The molecular weight excluding hydrogens is 494 g/mol. The molecule has 37 heavy (non-hydrogen) atoms. The van der Waals surface area contributed by atoms with Crippen molar-refractivity contribution in [3.8, 4) is 34.0 Å². The van der Waals surface area contributed by atoms with E-state index in [2.05, 4.69) is 15.5 Å². The van der Waals surface area contributed by atoms with Gasteiger partial charge in [0.1, 0.15) is 11.3 Å². The molecule has 3 aromatic heterocycles. The minimum Gasteiger partial charge on any atom is -0.444 e. The molecule has 10 heteroatoms. The molecule has 0 saturated carbocycles. The largest absolute Gasteiger partial charge is 0.444 e. The minimum atomic E-state index is -0.699. The Morgan fingerprint density at radius 1 is 1.14 bits per heavy atom. The number of rotatable bonds is 6. The third-order valence-corrected chi connectivity index (χ3v) is 5.61. The molecule has 4 rings (SSSR count). The molecule has 0 atom stereocenters. The molecule has 1 amide bonds. The van der Waals surface area contributed by atoms with E-state index in [1.807, 2.05) is 38.1 Å². The molecule has 1 N–H and O–H groups in total. The average Bonchev–Trinajstić information content (AvgIpc) is 3.33. The van der Waals surface area contributed by atoms with Crippen molar-refractivity contribution in [1.82, 2.24) is 19.7 Å². The summed E-state index contributed by atoms with van der Waals surface area (Å²) in [4.78, 5) is 33.9. The molecule has 0 aliphatic rings. The third-order valence-electron chi connectivity index (χ3n) is 5.30. The lowest BCUT2D eigenvalue weighted by Crippen LogP contribution is -2.27. The van der Waals surface area contributed by atoms with Gasteiger partial charge in [0, 0.05) is 41.4 Å². The van der Waals surface area contributed by atoms with E-state index in [4.69, 9.17) is 25.8 Å².